The van der Waals surface area contributed by atoms with Gasteiger partial charge < -0.3 is 20.1 Å². The molecule has 2 amide bonds. The number of rotatable bonds is 7. The minimum atomic E-state index is -3.84. The molecule has 0 unspecified atom stereocenters. The molecular weight excluding hydrogens is 386 g/mol. The largest absolute Gasteiger partial charge is 0.496 e. The highest BCUT2D eigenvalue weighted by atomic mass is 32.2. The molecule has 1 aromatic rings. The van der Waals surface area contributed by atoms with Gasteiger partial charge in [-0.3, -0.25) is 9.59 Å². The molecule has 2 N–H and O–H groups in total. The fourth-order valence-corrected chi connectivity index (χ4v) is 4.48. The number of methoxy groups -OCH3 is 1. The van der Waals surface area contributed by atoms with E-state index >= 15 is 0 Å². The molecular formula is C18H27N3O6S. The number of benzene rings is 1. The third kappa shape index (κ3) is 5.21. The van der Waals surface area contributed by atoms with Crippen molar-refractivity contribution >= 4 is 21.8 Å². The van der Waals surface area contributed by atoms with E-state index in [0.29, 0.717) is 37.3 Å². The number of hydrogen-bond donors (Lipinski definition) is 2. The Morgan fingerprint density at radius 2 is 2.00 bits per heavy atom. The predicted molar refractivity (Wildman–Crippen MR) is 102 cm³/mol. The summed E-state index contributed by atoms with van der Waals surface area (Å²) in [6, 6.07) is 4.61. The number of amides is 2. The van der Waals surface area contributed by atoms with Crippen LogP contribution in [0.3, 0.4) is 0 Å². The normalized spacial score (nSPS) is 17.8. The van der Waals surface area contributed by atoms with Crippen molar-refractivity contribution < 1.29 is 27.5 Å². The number of nitrogens with one attached hydrogen (secondary N) is 2. The molecule has 1 atom stereocenters. The number of sulfonamides is 1. The minimum absolute atomic E-state index is 0.118. The van der Waals surface area contributed by atoms with Crippen LogP contribution < -0.4 is 15.4 Å². The first-order chi connectivity index (χ1) is 13.3. The lowest BCUT2D eigenvalue weighted by Gasteiger charge is -2.34. The van der Waals surface area contributed by atoms with Crippen molar-refractivity contribution in [3.8, 4) is 5.75 Å². The lowest BCUT2D eigenvalue weighted by atomic mass is 10.2. The molecule has 1 aliphatic heterocycles. The minimum Gasteiger partial charge on any atom is -0.496 e. The summed E-state index contributed by atoms with van der Waals surface area (Å²) in [5.41, 5.74) is 0.693. The summed E-state index contributed by atoms with van der Waals surface area (Å²) < 4.78 is 38.1. The van der Waals surface area contributed by atoms with E-state index in [0.717, 1.165) is 0 Å². The average Bonchev–Trinajstić information content (AvgIpc) is 2.70. The summed E-state index contributed by atoms with van der Waals surface area (Å²) >= 11 is 0. The number of carbonyl (C=O) groups excluding carboxylic acids is 2. The molecule has 2 rings (SSSR count). The Balaban J connectivity index is 2.12. The first-order valence-electron chi connectivity index (χ1n) is 9.15. The molecule has 1 heterocycles. The number of carbonyl (C=O) groups is 2. The number of nitrogens with zero attached hydrogens (tertiary/aromatic N) is 1. The van der Waals surface area contributed by atoms with Crippen LogP contribution in [-0.4, -0.2) is 64.1 Å². The highest BCUT2D eigenvalue weighted by molar-refractivity contribution is 7.89. The topological polar surface area (TPSA) is 114 Å². The van der Waals surface area contributed by atoms with Crippen molar-refractivity contribution in [2.45, 2.75) is 37.8 Å². The van der Waals surface area contributed by atoms with Gasteiger partial charge in [-0.25, -0.2) is 8.42 Å². The van der Waals surface area contributed by atoms with E-state index in [1.54, 1.807) is 13.0 Å². The van der Waals surface area contributed by atoms with Crippen LogP contribution in [0.15, 0.2) is 23.1 Å². The average molecular weight is 413 g/mol. The zero-order chi connectivity index (χ0) is 20.7. The third-order valence-electron chi connectivity index (χ3n) is 4.31. The van der Waals surface area contributed by atoms with Crippen molar-refractivity contribution in [1.29, 1.82) is 0 Å². The molecule has 156 valence electrons. The van der Waals surface area contributed by atoms with Crippen LogP contribution in [0.4, 0.5) is 0 Å². The summed E-state index contributed by atoms with van der Waals surface area (Å²) in [6.45, 7) is 4.54. The Morgan fingerprint density at radius 1 is 1.29 bits per heavy atom. The van der Waals surface area contributed by atoms with Crippen LogP contribution in [0.25, 0.3) is 0 Å². The Labute approximate surface area is 165 Å². The molecule has 1 saturated heterocycles. The molecule has 10 heteroatoms. The molecule has 0 aromatic heterocycles. The third-order valence-corrected chi connectivity index (χ3v) is 6.19. The van der Waals surface area contributed by atoms with E-state index in [9.17, 15) is 18.0 Å². The maximum Gasteiger partial charge on any atom is 0.309 e. The molecule has 0 spiro atoms. The Kier molecular flexibility index (Phi) is 7.78. The Morgan fingerprint density at radius 3 is 2.64 bits per heavy atom. The molecule has 0 bridgehead atoms. The van der Waals surface area contributed by atoms with Gasteiger partial charge in [0.05, 0.1) is 25.2 Å². The van der Waals surface area contributed by atoms with Crippen LogP contribution in [0, 0.1) is 6.92 Å². The predicted octanol–water partition coefficient (Wildman–Crippen LogP) is 0.383. The molecule has 0 aliphatic carbocycles. The smallest absolute Gasteiger partial charge is 0.309 e. The van der Waals surface area contributed by atoms with Gasteiger partial charge in [0.25, 0.3) is 0 Å². The van der Waals surface area contributed by atoms with Crippen molar-refractivity contribution in [2.24, 2.45) is 0 Å². The molecule has 9 nitrogen and oxygen atoms in total. The SMILES string of the molecule is CCCNC(=O)C(=O)NC[C@@H]1OCCCN1S(=O)(=O)c1ccc(OC)c(C)c1. The summed E-state index contributed by atoms with van der Waals surface area (Å²) in [5.74, 6) is -0.978. The van der Waals surface area contributed by atoms with Gasteiger partial charge in [-0.1, -0.05) is 6.92 Å². The molecule has 28 heavy (non-hydrogen) atoms. The first kappa shape index (κ1) is 22.1. The fraction of sp³-hybridized carbons (Fsp3) is 0.556. The second-order valence-corrected chi connectivity index (χ2v) is 8.28. The van der Waals surface area contributed by atoms with Gasteiger partial charge in [-0.2, -0.15) is 4.31 Å². The molecule has 0 saturated carbocycles. The van der Waals surface area contributed by atoms with Crippen molar-refractivity contribution in [3.63, 3.8) is 0 Å². The molecule has 0 radical (unpaired) electrons. The van der Waals surface area contributed by atoms with Gasteiger partial charge in [-0.05, 0) is 43.5 Å². The zero-order valence-electron chi connectivity index (χ0n) is 16.4. The standard InChI is InChI=1S/C18H27N3O6S/c1-4-8-19-17(22)18(23)20-12-16-21(9-5-10-27-16)28(24,25)14-6-7-15(26-3)13(2)11-14/h6-7,11,16H,4-5,8-10,12H2,1-3H3,(H,19,22)(H,20,23)/t16-/m0/s1. The number of hydrogen-bond acceptors (Lipinski definition) is 6. The van der Waals surface area contributed by atoms with Gasteiger partial charge in [0.1, 0.15) is 12.0 Å². The van der Waals surface area contributed by atoms with E-state index < -0.39 is 28.1 Å². The van der Waals surface area contributed by atoms with E-state index in [-0.39, 0.29) is 18.0 Å². The van der Waals surface area contributed by atoms with E-state index in [4.69, 9.17) is 9.47 Å². The van der Waals surface area contributed by atoms with Gasteiger partial charge in [0, 0.05) is 13.1 Å². The van der Waals surface area contributed by atoms with Crippen molar-refractivity contribution in [3.05, 3.63) is 23.8 Å². The summed E-state index contributed by atoms with van der Waals surface area (Å²) in [7, 11) is -2.32. The quantitative estimate of drug-likeness (QED) is 0.625. The van der Waals surface area contributed by atoms with Crippen LogP contribution in [0.1, 0.15) is 25.3 Å². The highest BCUT2D eigenvalue weighted by Gasteiger charge is 2.35. The van der Waals surface area contributed by atoms with Gasteiger partial charge in [0.15, 0.2) is 0 Å². The molecule has 1 aromatic carbocycles. The summed E-state index contributed by atoms with van der Waals surface area (Å²) in [4.78, 5) is 23.7. The number of aryl methyl sites for hydroxylation is 1. The van der Waals surface area contributed by atoms with Gasteiger partial charge in [-0.15, -0.1) is 0 Å². The molecule has 1 aliphatic rings. The lowest BCUT2D eigenvalue weighted by Crippen LogP contribution is -2.53. The first-order valence-corrected chi connectivity index (χ1v) is 10.6. The van der Waals surface area contributed by atoms with Crippen molar-refractivity contribution in [1.82, 2.24) is 14.9 Å². The van der Waals surface area contributed by atoms with Gasteiger partial charge >= 0.3 is 11.8 Å². The van der Waals surface area contributed by atoms with Crippen LogP contribution >= 0.6 is 0 Å². The zero-order valence-corrected chi connectivity index (χ0v) is 17.2. The summed E-state index contributed by atoms with van der Waals surface area (Å²) in [5, 5.41) is 4.91. The number of ether oxygens (including phenoxy) is 2. The van der Waals surface area contributed by atoms with Gasteiger partial charge in [0.2, 0.25) is 10.0 Å². The molecule has 1 fully saturated rings. The van der Waals surface area contributed by atoms with Crippen LogP contribution in [0.5, 0.6) is 5.75 Å². The fourth-order valence-electron chi connectivity index (χ4n) is 2.83. The Hall–Kier alpha value is -2.17. The lowest BCUT2D eigenvalue weighted by molar-refractivity contribution is -0.140. The maximum atomic E-state index is 13.1. The van der Waals surface area contributed by atoms with E-state index in [1.165, 1.54) is 23.5 Å². The summed E-state index contributed by atoms with van der Waals surface area (Å²) in [6.07, 6.45) is 0.359. The second-order valence-electron chi connectivity index (χ2n) is 6.39. The Bertz CT molecular complexity index is 812. The van der Waals surface area contributed by atoms with E-state index in [2.05, 4.69) is 10.6 Å². The highest BCUT2D eigenvalue weighted by Crippen LogP contribution is 2.26. The van der Waals surface area contributed by atoms with Crippen LogP contribution in [-0.2, 0) is 24.3 Å². The van der Waals surface area contributed by atoms with E-state index in [1.807, 2.05) is 6.92 Å². The second kappa shape index (κ2) is 9.85. The van der Waals surface area contributed by atoms with Crippen molar-refractivity contribution in [2.75, 3.05) is 33.4 Å². The monoisotopic (exact) mass is 413 g/mol. The van der Waals surface area contributed by atoms with Crippen LogP contribution in [0.2, 0.25) is 0 Å². The maximum absolute atomic E-state index is 13.1.